The molecule has 0 spiro atoms. The van der Waals surface area contributed by atoms with E-state index in [2.05, 4.69) is 119 Å². The molecule has 0 fully saturated rings. The number of hydrogen-bond donors (Lipinski definition) is 0. The molecular formula is C46H29N5. The molecule has 6 aromatic carbocycles. The van der Waals surface area contributed by atoms with Crippen molar-refractivity contribution in [3.63, 3.8) is 0 Å². The number of allylic oxidation sites excluding steroid dienone is 2. The van der Waals surface area contributed by atoms with Crippen molar-refractivity contribution >= 4 is 38.3 Å². The molecular weight excluding hydrogens is 623 g/mol. The molecule has 0 amide bonds. The SMILES string of the molecule is CC1CC=C(C#N)c2c1c1cc(C#N)ccc1n2-c1cccc(C#N)c1-c1cccc(-c2ccc(-n3c4ccccc4c4ccccc43)cc2)c1. The molecule has 0 radical (unpaired) electrons. The van der Waals surface area contributed by atoms with Gasteiger partial charge in [-0.15, -0.1) is 0 Å². The van der Waals surface area contributed by atoms with Crippen LogP contribution in [0.2, 0.25) is 0 Å². The van der Waals surface area contributed by atoms with Gasteiger partial charge >= 0.3 is 0 Å². The predicted octanol–water partition coefficient (Wildman–Crippen LogP) is 11.2. The highest BCUT2D eigenvalue weighted by molar-refractivity contribution is 6.09. The van der Waals surface area contributed by atoms with Crippen LogP contribution >= 0.6 is 0 Å². The highest BCUT2D eigenvalue weighted by atomic mass is 15.0. The van der Waals surface area contributed by atoms with Gasteiger partial charge in [-0.2, -0.15) is 15.8 Å². The number of nitriles is 3. The third-order valence-electron chi connectivity index (χ3n) is 10.3. The van der Waals surface area contributed by atoms with Crippen molar-refractivity contribution in [2.24, 2.45) is 0 Å². The maximum Gasteiger partial charge on any atom is 0.101 e. The fraction of sp³-hybridized carbons (Fsp3) is 0.0652. The largest absolute Gasteiger partial charge is 0.309 e. The lowest BCUT2D eigenvalue weighted by atomic mass is 9.87. The maximum absolute atomic E-state index is 10.5. The molecule has 5 heteroatoms. The van der Waals surface area contributed by atoms with Gasteiger partial charge in [-0.1, -0.05) is 85.8 Å². The van der Waals surface area contributed by atoms with Gasteiger partial charge in [-0.05, 0) is 95.3 Å². The standard InChI is InChI=1S/C46H29N5/c1-29-16-18-35(28-49)46-44(29)39-24-30(26-47)17-23-42(39)51(46)43-15-7-10-34(27-48)45(43)33-9-6-8-32(25-33)31-19-21-36(22-20-31)50-40-13-4-2-11-37(40)38-12-3-5-14-41(38)50/h2-15,17-25,29H,16H2,1H3. The van der Waals surface area contributed by atoms with Crippen molar-refractivity contribution in [3.8, 4) is 51.8 Å². The van der Waals surface area contributed by atoms with Gasteiger partial charge in [0.2, 0.25) is 0 Å². The molecule has 0 saturated carbocycles. The summed E-state index contributed by atoms with van der Waals surface area (Å²) in [5.74, 6) is 0.159. The first-order valence-electron chi connectivity index (χ1n) is 17.0. The van der Waals surface area contributed by atoms with Crippen molar-refractivity contribution < 1.29 is 0 Å². The molecule has 9 rings (SSSR count). The van der Waals surface area contributed by atoms with Gasteiger partial charge in [0.05, 0.1) is 56.8 Å². The van der Waals surface area contributed by atoms with Gasteiger partial charge in [0, 0.05) is 27.4 Å². The number of rotatable bonds is 4. The number of nitrogens with zero attached hydrogens (tertiary/aromatic N) is 5. The average molecular weight is 652 g/mol. The van der Waals surface area contributed by atoms with E-state index < -0.39 is 0 Å². The van der Waals surface area contributed by atoms with Crippen molar-refractivity contribution in [1.29, 1.82) is 15.8 Å². The van der Waals surface area contributed by atoms with E-state index in [1.54, 1.807) is 0 Å². The van der Waals surface area contributed by atoms with Crippen LogP contribution in [0.1, 0.15) is 41.6 Å². The minimum Gasteiger partial charge on any atom is -0.309 e. The molecule has 1 aliphatic rings. The van der Waals surface area contributed by atoms with E-state index >= 15 is 0 Å². The molecule has 1 unspecified atom stereocenters. The van der Waals surface area contributed by atoms with Gasteiger partial charge in [-0.3, -0.25) is 0 Å². The predicted molar refractivity (Wildman–Crippen MR) is 205 cm³/mol. The van der Waals surface area contributed by atoms with Crippen LogP contribution in [0, 0.1) is 34.0 Å². The van der Waals surface area contributed by atoms with Gasteiger partial charge in [0.15, 0.2) is 0 Å². The lowest BCUT2D eigenvalue weighted by molar-refractivity contribution is 0.770. The quantitative estimate of drug-likeness (QED) is 0.190. The Morgan fingerprint density at radius 3 is 1.96 bits per heavy atom. The number of hydrogen-bond acceptors (Lipinski definition) is 3. The summed E-state index contributed by atoms with van der Waals surface area (Å²) < 4.78 is 4.44. The minimum atomic E-state index is 0.159. The Labute approximate surface area is 295 Å². The number of aromatic nitrogens is 2. The second-order valence-electron chi connectivity index (χ2n) is 13.1. The van der Waals surface area contributed by atoms with Crippen molar-refractivity contribution in [2.75, 3.05) is 0 Å². The average Bonchev–Trinajstić information content (AvgIpc) is 3.71. The van der Waals surface area contributed by atoms with Crippen molar-refractivity contribution in [3.05, 3.63) is 162 Å². The molecule has 2 heterocycles. The molecule has 8 aromatic rings. The first kappa shape index (κ1) is 30.0. The minimum absolute atomic E-state index is 0.159. The molecule has 1 atom stereocenters. The lowest BCUT2D eigenvalue weighted by Gasteiger charge is -2.21. The summed E-state index contributed by atoms with van der Waals surface area (Å²) in [4.78, 5) is 0. The van der Waals surface area contributed by atoms with Crippen molar-refractivity contribution in [2.45, 2.75) is 19.3 Å². The number of benzene rings is 6. The van der Waals surface area contributed by atoms with E-state index in [1.807, 2.05) is 54.6 Å². The Bertz CT molecular complexity index is 2830. The van der Waals surface area contributed by atoms with Gasteiger partial charge < -0.3 is 9.13 Å². The Morgan fingerprint density at radius 2 is 1.25 bits per heavy atom. The van der Waals surface area contributed by atoms with Crippen LogP contribution in [0.4, 0.5) is 0 Å². The highest BCUT2D eigenvalue weighted by Crippen LogP contribution is 2.45. The molecule has 238 valence electrons. The molecule has 5 nitrogen and oxygen atoms in total. The van der Waals surface area contributed by atoms with E-state index in [9.17, 15) is 15.8 Å². The van der Waals surface area contributed by atoms with E-state index in [4.69, 9.17) is 0 Å². The van der Waals surface area contributed by atoms with Gasteiger partial charge in [-0.25, -0.2) is 0 Å². The summed E-state index contributed by atoms with van der Waals surface area (Å²) in [5, 5.41) is 34.0. The fourth-order valence-electron chi connectivity index (χ4n) is 7.99. The summed E-state index contributed by atoms with van der Waals surface area (Å²) in [7, 11) is 0. The summed E-state index contributed by atoms with van der Waals surface area (Å²) >= 11 is 0. The normalized spacial score (nSPS) is 13.8. The fourth-order valence-corrected chi connectivity index (χ4v) is 7.99. The highest BCUT2D eigenvalue weighted by Gasteiger charge is 2.29. The zero-order valence-corrected chi connectivity index (χ0v) is 27.8. The Kier molecular flexibility index (Phi) is 6.92. The molecule has 51 heavy (non-hydrogen) atoms. The zero-order chi connectivity index (χ0) is 34.6. The third-order valence-corrected chi connectivity index (χ3v) is 10.3. The lowest BCUT2D eigenvalue weighted by Crippen LogP contribution is -2.08. The molecule has 0 saturated heterocycles. The first-order chi connectivity index (χ1) is 25.1. The van der Waals surface area contributed by atoms with Crippen LogP contribution in [0.5, 0.6) is 0 Å². The topological polar surface area (TPSA) is 81.2 Å². The first-order valence-corrected chi connectivity index (χ1v) is 17.0. The van der Waals surface area contributed by atoms with Gasteiger partial charge in [0.25, 0.3) is 0 Å². The van der Waals surface area contributed by atoms with E-state index in [1.165, 1.54) is 21.8 Å². The van der Waals surface area contributed by atoms with E-state index in [0.717, 1.165) is 62.2 Å². The zero-order valence-electron chi connectivity index (χ0n) is 27.8. The van der Waals surface area contributed by atoms with Crippen molar-refractivity contribution in [1.82, 2.24) is 9.13 Å². The molecule has 1 aliphatic carbocycles. The Hall–Kier alpha value is -7.13. The molecule has 0 bridgehead atoms. The molecule has 0 aliphatic heterocycles. The van der Waals surface area contributed by atoms with Crippen LogP contribution in [-0.4, -0.2) is 9.13 Å². The van der Waals surface area contributed by atoms with Crippen LogP contribution in [0.3, 0.4) is 0 Å². The maximum atomic E-state index is 10.5. The van der Waals surface area contributed by atoms with E-state index in [0.29, 0.717) is 16.7 Å². The monoisotopic (exact) mass is 651 g/mol. The number of para-hydroxylation sites is 2. The number of fused-ring (bicyclic) bond motifs is 6. The van der Waals surface area contributed by atoms with Gasteiger partial charge in [0.1, 0.15) is 6.07 Å². The molecule has 2 aromatic heterocycles. The molecule has 0 N–H and O–H groups in total. The summed E-state index contributed by atoms with van der Waals surface area (Å²) in [6.07, 6.45) is 2.75. The third kappa shape index (κ3) is 4.59. The van der Waals surface area contributed by atoms with Crippen LogP contribution in [0.15, 0.2) is 140 Å². The van der Waals surface area contributed by atoms with Crippen LogP contribution in [-0.2, 0) is 0 Å². The second kappa shape index (κ2) is 11.8. The summed E-state index contributed by atoms with van der Waals surface area (Å²) in [5.41, 5.74) is 12.5. The Balaban J connectivity index is 1.20. The smallest absolute Gasteiger partial charge is 0.101 e. The van der Waals surface area contributed by atoms with Crippen LogP contribution in [0.25, 0.3) is 71.9 Å². The van der Waals surface area contributed by atoms with Crippen LogP contribution < -0.4 is 0 Å². The summed E-state index contributed by atoms with van der Waals surface area (Å²) in [6, 6.07) is 52.7. The summed E-state index contributed by atoms with van der Waals surface area (Å²) in [6.45, 7) is 2.16. The Morgan fingerprint density at radius 1 is 0.569 bits per heavy atom. The van der Waals surface area contributed by atoms with E-state index in [-0.39, 0.29) is 5.92 Å². The second-order valence-corrected chi connectivity index (χ2v) is 13.1.